The molecule has 0 bridgehead atoms. The van der Waals surface area contributed by atoms with Gasteiger partial charge in [0.15, 0.2) is 0 Å². The highest BCUT2D eigenvalue weighted by Gasteiger charge is 2.18. The summed E-state index contributed by atoms with van der Waals surface area (Å²) in [5.41, 5.74) is 4.29. The van der Waals surface area contributed by atoms with Crippen molar-refractivity contribution in [1.82, 2.24) is 19.9 Å². The van der Waals surface area contributed by atoms with Crippen LogP contribution in [-0.4, -0.2) is 32.9 Å². The normalized spacial score (nSPS) is 15.3. The van der Waals surface area contributed by atoms with Crippen molar-refractivity contribution in [2.75, 3.05) is 18.4 Å². The zero-order chi connectivity index (χ0) is 17.4. The van der Waals surface area contributed by atoms with Gasteiger partial charge in [0.05, 0.1) is 29.7 Å². The predicted octanol–water partition coefficient (Wildman–Crippen LogP) is 4.28. The maximum absolute atomic E-state index is 4.89. The molecule has 1 fully saturated rings. The van der Waals surface area contributed by atoms with Crippen molar-refractivity contribution in [3.8, 4) is 0 Å². The monoisotopic (exact) mass is 373 g/mol. The Kier molecular flexibility index (Phi) is 4.71. The Bertz CT molecular complexity index is 892. The Balaban J connectivity index is 1.67. The Morgan fingerprint density at radius 1 is 1.16 bits per heavy atom. The highest BCUT2D eigenvalue weighted by atomic mass is 32.1. The molecule has 5 nitrogen and oxygen atoms in total. The average Bonchev–Trinajstić information content (AvgIpc) is 3.29. The molecule has 132 valence electrons. The summed E-state index contributed by atoms with van der Waals surface area (Å²) in [6, 6.07) is 0. The summed E-state index contributed by atoms with van der Waals surface area (Å²) in [5.74, 6) is 1.90. The largest absolute Gasteiger partial charge is 0.364 e. The maximum atomic E-state index is 4.89. The van der Waals surface area contributed by atoms with E-state index in [9.17, 15) is 0 Å². The molecule has 25 heavy (non-hydrogen) atoms. The first-order valence-electron chi connectivity index (χ1n) is 8.73. The van der Waals surface area contributed by atoms with E-state index in [0.29, 0.717) is 0 Å². The fourth-order valence-electron chi connectivity index (χ4n) is 3.29. The van der Waals surface area contributed by atoms with Gasteiger partial charge in [0, 0.05) is 9.75 Å². The van der Waals surface area contributed by atoms with Gasteiger partial charge in [0.1, 0.15) is 16.5 Å². The lowest BCUT2D eigenvalue weighted by molar-refractivity contribution is 0.323. The van der Waals surface area contributed by atoms with Crippen molar-refractivity contribution < 1.29 is 0 Å². The lowest BCUT2D eigenvalue weighted by Crippen LogP contribution is -2.20. The molecule has 1 aliphatic rings. The van der Waals surface area contributed by atoms with Gasteiger partial charge >= 0.3 is 0 Å². The van der Waals surface area contributed by atoms with Crippen LogP contribution in [0.5, 0.6) is 0 Å². The molecule has 3 aromatic rings. The molecule has 0 aromatic carbocycles. The Morgan fingerprint density at radius 2 is 1.96 bits per heavy atom. The van der Waals surface area contributed by atoms with E-state index in [1.54, 1.807) is 22.7 Å². The van der Waals surface area contributed by atoms with Crippen molar-refractivity contribution in [3.63, 3.8) is 0 Å². The summed E-state index contributed by atoms with van der Waals surface area (Å²) >= 11 is 3.46. The van der Waals surface area contributed by atoms with Crippen molar-refractivity contribution in [2.24, 2.45) is 0 Å². The van der Waals surface area contributed by atoms with E-state index in [2.05, 4.69) is 36.0 Å². The van der Waals surface area contributed by atoms with Gasteiger partial charge < -0.3 is 5.32 Å². The SMILES string of the molecule is Cc1ncsc1CNc1nc(CN2CCCC2)nc2sc(C)c(C)c12. The number of thiophene rings is 1. The molecule has 1 aliphatic heterocycles. The minimum absolute atomic E-state index is 0.764. The third-order valence-corrected chi connectivity index (χ3v) is 6.94. The minimum Gasteiger partial charge on any atom is -0.364 e. The van der Waals surface area contributed by atoms with Crippen LogP contribution >= 0.6 is 22.7 Å². The van der Waals surface area contributed by atoms with Crippen LogP contribution in [0.1, 0.15) is 39.7 Å². The topological polar surface area (TPSA) is 53.9 Å². The van der Waals surface area contributed by atoms with Crippen molar-refractivity contribution in [1.29, 1.82) is 0 Å². The molecule has 3 aromatic heterocycles. The molecule has 0 aliphatic carbocycles. The summed E-state index contributed by atoms with van der Waals surface area (Å²) < 4.78 is 0. The first-order valence-corrected chi connectivity index (χ1v) is 10.4. The third-order valence-electron chi connectivity index (χ3n) is 4.90. The van der Waals surface area contributed by atoms with Gasteiger partial charge in [-0.15, -0.1) is 22.7 Å². The lowest BCUT2D eigenvalue weighted by Gasteiger charge is -2.15. The number of aromatic nitrogens is 3. The highest BCUT2D eigenvalue weighted by molar-refractivity contribution is 7.18. The van der Waals surface area contributed by atoms with E-state index in [4.69, 9.17) is 9.97 Å². The number of thiazole rings is 1. The van der Waals surface area contributed by atoms with Gasteiger partial charge in [-0.3, -0.25) is 4.90 Å². The van der Waals surface area contributed by atoms with Crippen LogP contribution in [0.25, 0.3) is 10.2 Å². The molecular weight excluding hydrogens is 350 g/mol. The molecule has 0 amide bonds. The quantitative estimate of drug-likeness (QED) is 0.723. The van der Waals surface area contributed by atoms with Gasteiger partial charge in [0.25, 0.3) is 0 Å². The van der Waals surface area contributed by atoms with E-state index in [-0.39, 0.29) is 0 Å². The van der Waals surface area contributed by atoms with Crippen LogP contribution in [0.4, 0.5) is 5.82 Å². The molecule has 1 N–H and O–H groups in total. The summed E-state index contributed by atoms with van der Waals surface area (Å²) in [6.45, 7) is 10.3. The zero-order valence-electron chi connectivity index (χ0n) is 14.9. The van der Waals surface area contributed by atoms with E-state index in [0.717, 1.165) is 48.3 Å². The Hall–Kier alpha value is -1.57. The number of nitrogens with one attached hydrogen (secondary N) is 1. The highest BCUT2D eigenvalue weighted by Crippen LogP contribution is 2.34. The molecular formula is C18H23N5S2. The average molecular weight is 374 g/mol. The van der Waals surface area contributed by atoms with E-state index in [1.165, 1.54) is 33.5 Å². The lowest BCUT2D eigenvalue weighted by atomic mass is 10.2. The Morgan fingerprint density at radius 3 is 2.68 bits per heavy atom. The van der Waals surface area contributed by atoms with Gasteiger partial charge in [-0.1, -0.05) is 0 Å². The second kappa shape index (κ2) is 6.97. The third kappa shape index (κ3) is 3.41. The van der Waals surface area contributed by atoms with Crippen LogP contribution < -0.4 is 5.32 Å². The summed E-state index contributed by atoms with van der Waals surface area (Å²) in [4.78, 5) is 20.2. The Labute approximate surface area is 156 Å². The van der Waals surface area contributed by atoms with Crippen molar-refractivity contribution in [3.05, 3.63) is 32.3 Å². The molecule has 1 saturated heterocycles. The molecule has 0 atom stereocenters. The van der Waals surface area contributed by atoms with Crippen LogP contribution in [0, 0.1) is 20.8 Å². The van der Waals surface area contributed by atoms with E-state index in [1.807, 2.05) is 5.51 Å². The second-order valence-electron chi connectivity index (χ2n) is 6.65. The van der Waals surface area contributed by atoms with Crippen LogP contribution in [0.3, 0.4) is 0 Å². The number of likely N-dealkylation sites (tertiary alicyclic amines) is 1. The number of hydrogen-bond acceptors (Lipinski definition) is 7. The molecule has 4 heterocycles. The summed E-state index contributed by atoms with van der Waals surface area (Å²) in [5, 5.41) is 4.73. The first kappa shape index (κ1) is 16.9. The molecule has 0 unspecified atom stereocenters. The minimum atomic E-state index is 0.764. The molecule has 4 rings (SSSR count). The molecule has 0 radical (unpaired) electrons. The number of aryl methyl sites for hydroxylation is 3. The van der Waals surface area contributed by atoms with E-state index >= 15 is 0 Å². The molecule has 7 heteroatoms. The smallest absolute Gasteiger partial charge is 0.146 e. The number of nitrogens with zero attached hydrogens (tertiary/aromatic N) is 4. The molecule has 0 spiro atoms. The second-order valence-corrected chi connectivity index (χ2v) is 8.79. The number of fused-ring (bicyclic) bond motifs is 1. The number of hydrogen-bond donors (Lipinski definition) is 1. The van der Waals surface area contributed by atoms with Gasteiger partial charge in [-0.05, 0) is 52.3 Å². The summed E-state index contributed by atoms with van der Waals surface area (Å²) in [7, 11) is 0. The van der Waals surface area contributed by atoms with Crippen molar-refractivity contribution in [2.45, 2.75) is 46.7 Å². The van der Waals surface area contributed by atoms with Crippen LogP contribution in [-0.2, 0) is 13.1 Å². The fraction of sp³-hybridized carbons (Fsp3) is 0.500. The zero-order valence-corrected chi connectivity index (χ0v) is 16.6. The predicted molar refractivity (Wildman–Crippen MR) is 106 cm³/mol. The van der Waals surface area contributed by atoms with E-state index < -0.39 is 0 Å². The standard InChI is InChI=1S/C18H23N5S2/c1-11-13(3)25-18-16(11)17(19-8-14-12(2)20-10-24-14)21-15(22-18)9-23-6-4-5-7-23/h10H,4-9H2,1-3H3,(H,19,21,22). The summed E-state index contributed by atoms with van der Waals surface area (Å²) in [6.07, 6.45) is 2.57. The van der Waals surface area contributed by atoms with Gasteiger partial charge in [-0.2, -0.15) is 0 Å². The van der Waals surface area contributed by atoms with Crippen LogP contribution in [0.15, 0.2) is 5.51 Å². The first-order chi connectivity index (χ1) is 12.1. The fourth-order valence-corrected chi connectivity index (χ4v) is 5.06. The maximum Gasteiger partial charge on any atom is 0.146 e. The van der Waals surface area contributed by atoms with Gasteiger partial charge in [-0.25, -0.2) is 15.0 Å². The van der Waals surface area contributed by atoms with Crippen molar-refractivity contribution >= 4 is 38.7 Å². The van der Waals surface area contributed by atoms with Crippen LogP contribution in [0.2, 0.25) is 0 Å². The molecule has 0 saturated carbocycles. The van der Waals surface area contributed by atoms with Gasteiger partial charge in [0.2, 0.25) is 0 Å². The number of rotatable bonds is 5. The number of anilines is 1.